The number of hydrogen-bond acceptors (Lipinski definition) is 8. The highest BCUT2D eigenvalue weighted by atomic mass is 16.6. The van der Waals surface area contributed by atoms with Crippen molar-refractivity contribution in [2.24, 2.45) is 0 Å². The van der Waals surface area contributed by atoms with Gasteiger partial charge in [-0.3, -0.25) is 14.9 Å². The summed E-state index contributed by atoms with van der Waals surface area (Å²) in [4.78, 5) is 32.6. The minimum absolute atomic E-state index is 0.0848. The standard InChI is InChI=1S/C16H19N5O7/c1-9(12-7-11(27-3)5-6-13(12)28-4)17-14(22)8-19-10(2)15(20(23)24)16(18-19)21(25)26/h5-7,9H,8H2,1-4H3,(H,17,22). The highest BCUT2D eigenvalue weighted by molar-refractivity contribution is 5.76. The van der Waals surface area contributed by atoms with Crippen LogP contribution in [0.25, 0.3) is 0 Å². The van der Waals surface area contributed by atoms with Crippen LogP contribution < -0.4 is 14.8 Å². The van der Waals surface area contributed by atoms with Gasteiger partial charge in [0.05, 0.1) is 30.3 Å². The van der Waals surface area contributed by atoms with E-state index in [2.05, 4.69) is 10.4 Å². The lowest BCUT2D eigenvalue weighted by Crippen LogP contribution is -2.31. The van der Waals surface area contributed by atoms with Crippen molar-refractivity contribution in [2.45, 2.75) is 26.4 Å². The molecule has 1 unspecified atom stereocenters. The van der Waals surface area contributed by atoms with Crippen LogP contribution in [0.5, 0.6) is 11.5 Å². The quantitative estimate of drug-likeness (QED) is 0.527. The number of benzene rings is 1. The van der Waals surface area contributed by atoms with E-state index in [1.165, 1.54) is 21.1 Å². The van der Waals surface area contributed by atoms with Crippen molar-refractivity contribution in [1.82, 2.24) is 15.1 Å². The molecule has 0 saturated carbocycles. The van der Waals surface area contributed by atoms with Crippen LogP contribution in [-0.4, -0.2) is 39.8 Å². The third-order valence-electron chi connectivity index (χ3n) is 4.09. The predicted octanol–water partition coefficient (Wildman–Crippen LogP) is 1.90. The Bertz CT molecular complexity index is 924. The van der Waals surface area contributed by atoms with Crippen molar-refractivity contribution in [1.29, 1.82) is 0 Å². The van der Waals surface area contributed by atoms with E-state index in [-0.39, 0.29) is 5.69 Å². The topological polar surface area (TPSA) is 152 Å². The minimum atomic E-state index is -0.955. The SMILES string of the molecule is COc1ccc(OC)c(C(C)NC(=O)Cn2nc([N+](=O)[O-])c([N+](=O)[O-])c2C)c1. The first kappa shape index (κ1) is 20.6. The maximum Gasteiger partial charge on any atom is 0.468 e. The second-order valence-electron chi connectivity index (χ2n) is 5.83. The highest BCUT2D eigenvalue weighted by Crippen LogP contribution is 2.30. The molecule has 1 aromatic heterocycles. The van der Waals surface area contributed by atoms with Crippen molar-refractivity contribution >= 4 is 17.4 Å². The van der Waals surface area contributed by atoms with E-state index >= 15 is 0 Å². The van der Waals surface area contributed by atoms with Crippen LogP contribution in [-0.2, 0) is 11.3 Å². The van der Waals surface area contributed by atoms with E-state index in [9.17, 15) is 25.0 Å². The summed E-state index contributed by atoms with van der Waals surface area (Å²) >= 11 is 0. The number of amides is 1. The summed E-state index contributed by atoms with van der Waals surface area (Å²) < 4.78 is 11.4. The molecule has 1 N–H and O–H groups in total. The van der Waals surface area contributed by atoms with Crippen LogP contribution in [0.1, 0.15) is 24.2 Å². The highest BCUT2D eigenvalue weighted by Gasteiger charge is 2.35. The maximum absolute atomic E-state index is 12.4. The summed E-state index contributed by atoms with van der Waals surface area (Å²) in [6.07, 6.45) is 0. The molecule has 12 nitrogen and oxygen atoms in total. The number of nitro groups is 2. The molecule has 0 saturated heterocycles. The van der Waals surface area contributed by atoms with E-state index in [0.717, 1.165) is 4.68 Å². The third-order valence-corrected chi connectivity index (χ3v) is 4.09. The Hall–Kier alpha value is -3.70. The van der Waals surface area contributed by atoms with Gasteiger partial charge in [-0.1, -0.05) is 0 Å². The lowest BCUT2D eigenvalue weighted by molar-refractivity contribution is -0.424. The number of nitrogens with zero attached hydrogens (tertiary/aromatic N) is 4. The zero-order valence-corrected chi connectivity index (χ0v) is 15.7. The lowest BCUT2D eigenvalue weighted by atomic mass is 10.1. The molecule has 28 heavy (non-hydrogen) atoms. The molecule has 12 heteroatoms. The first-order valence-corrected chi connectivity index (χ1v) is 8.07. The van der Waals surface area contributed by atoms with Gasteiger partial charge in [-0.15, -0.1) is 0 Å². The summed E-state index contributed by atoms with van der Waals surface area (Å²) in [7, 11) is 3.00. The Morgan fingerprint density at radius 2 is 1.93 bits per heavy atom. The molecular weight excluding hydrogens is 374 g/mol. The van der Waals surface area contributed by atoms with Crippen LogP contribution in [0, 0.1) is 27.2 Å². The molecular formula is C16H19N5O7. The van der Waals surface area contributed by atoms with Gasteiger partial charge < -0.3 is 24.9 Å². The van der Waals surface area contributed by atoms with Crippen LogP contribution in [0.4, 0.5) is 11.5 Å². The minimum Gasteiger partial charge on any atom is -0.497 e. The number of ether oxygens (including phenoxy) is 2. The number of carbonyl (C=O) groups excluding carboxylic acids is 1. The van der Waals surface area contributed by atoms with E-state index in [1.54, 1.807) is 25.1 Å². The summed E-state index contributed by atoms with van der Waals surface area (Å²) in [6, 6.07) is 4.63. The fourth-order valence-corrected chi connectivity index (χ4v) is 2.69. The molecule has 0 fully saturated rings. The van der Waals surface area contributed by atoms with Crippen molar-refractivity contribution in [3.8, 4) is 11.5 Å². The lowest BCUT2D eigenvalue weighted by Gasteiger charge is -2.18. The fraction of sp³-hybridized carbons (Fsp3) is 0.375. The molecule has 0 radical (unpaired) electrons. The summed E-state index contributed by atoms with van der Waals surface area (Å²) in [5.41, 5.74) is -0.164. The Morgan fingerprint density at radius 1 is 1.25 bits per heavy atom. The average Bonchev–Trinajstić information content (AvgIpc) is 2.97. The molecule has 2 rings (SSSR count). The number of carbonyl (C=O) groups is 1. The maximum atomic E-state index is 12.4. The molecule has 1 heterocycles. The summed E-state index contributed by atoms with van der Waals surface area (Å²) in [5, 5.41) is 28.3. The van der Waals surface area contributed by atoms with Crippen molar-refractivity contribution in [2.75, 3.05) is 14.2 Å². The second kappa shape index (κ2) is 8.33. The average molecular weight is 393 g/mol. The number of rotatable bonds is 8. The van der Waals surface area contributed by atoms with E-state index in [4.69, 9.17) is 9.47 Å². The van der Waals surface area contributed by atoms with Crippen LogP contribution in [0.3, 0.4) is 0 Å². The smallest absolute Gasteiger partial charge is 0.468 e. The van der Waals surface area contributed by atoms with Gasteiger partial charge in [0.15, 0.2) is 0 Å². The van der Waals surface area contributed by atoms with E-state index in [1.807, 2.05) is 0 Å². The van der Waals surface area contributed by atoms with Gasteiger partial charge in [-0.25, -0.2) is 0 Å². The van der Waals surface area contributed by atoms with E-state index < -0.39 is 39.8 Å². The number of hydrogen-bond donors (Lipinski definition) is 1. The normalized spacial score (nSPS) is 11.6. The molecule has 1 amide bonds. The van der Waals surface area contributed by atoms with Gasteiger partial charge >= 0.3 is 11.5 Å². The molecule has 1 atom stereocenters. The number of methoxy groups -OCH3 is 2. The van der Waals surface area contributed by atoms with Crippen molar-refractivity contribution in [3.63, 3.8) is 0 Å². The molecule has 0 bridgehead atoms. The molecule has 1 aromatic carbocycles. The Morgan fingerprint density at radius 3 is 2.43 bits per heavy atom. The zero-order valence-electron chi connectivity index (χ0n) is 15.7. The Balaban J connectivity index is 2.22. The molecule has 150 valence electrons. The molecule has 0 aliphatic carbocycles. The number of aromatic nitrogens is 2. The molecule has 2 aromatic rings. The summed E-state index contributed by atoms with van der Waals surface area (Å²) in [6.45, 7) is 2.59. The van der Waals surface area contributed by atoms with Gasteiger partial charge in [0, 0.05) is 5.56 Å². The fourth-order valence-electron chi connectivity index (χ4n) is 2.69. The van der Waals surface area contributed by atoms with Gasteiger partial charge in [-0.05, 0) is 37.0 Å². The van der Waals surface area contributed by atoms with Crippen LogP contribution >= 0.6 is 0 Å². The first-order chi connectivity index (χ1) is 13.2. The van der Waals surface area contributed by atoms with Gasteiger partial charge in [0.25, 0.3) is 0 Å². The third kappa shape index (κ3) is 4.16. The second-order valence-corrected chi connectivity index (χ2v) is 5.83. The van der Waals surface area contributed by atoms with Gasteiger partial charge in [0.1, 0.15) is 23.7 Å². The predicted molar refractivity (Wildman–Crippen MR) is 96.4 cm³/mol. The Labute approximate surface area is 159 Å². The van der Waals surface area contributed by atoms with Crippen LogP contribution in [0.2, 0.25) is 0 Å². The first-order valence-electron chi connectivity index (χ1n) is 8.07. The Kier molecular flexibility index (Phi) is 6.13. The van der Waals surface area contributed by atoms with E-state index in [0.29, 0.717) is 17.1 Å². The molecule has 0 spiro atoms. The number of nitrogens with one attached hydrogen (secondary N) is 1. The largest absolute Gasteiger partial charge is 0.497 e. The van der Waals surface area contributed by atoms with Crippen LogP contribution in [0.15, 0.2) is 18.2 Å². The van der Waals surface area contributed by atoms with Crippen molar-refractivity contribution in [3.05, 3.63) is 49.7 Å². The summed E-state index contributed by atoms with van der Waals surface area (Å²) in [5.74, 6) is -0.327. The van der Waals surface area contributed by atoms with Gasteiger partial charge in [-0.2, -0.15) is 4.68 Å². The van der Waals surface area contributed by atoms with Gasteiger partial charge in [0.2, 0.25) is 5.91 Å². The molecule has 0 aliphatic rings. The molecule has 0 aliphatic heterocycles. The monoisotopic (exact) mass is 393 g/mol. The van der Waals surface area contributed by atoms with Crippen molar-refractivity contribution < 1.29 is 24.1 Å². The zero-order chi connectivity index (χ0) is 21.0.